The van der Waals surface area contributed by atoms with E-state index in [1.54, 1.807) is 0 Å². The molecule has 0 amide bonds. The molecule has 1 rings (SSSR count). The summed E-state index contributed by atoms with van der Waals surface area (Å²) in [6.45, 7) is 10.2. The van der Waals surface area contributed by atoms with Gasteiger partial charge < -0.3 is 9.47 Å². The lowest BCUT2D eigenvalue weighted by Gasteiger charge is -2.25. The van der Waals surface area contributed by atoms with Crippen LogP contribution in [0.25, 0.3) is 0 Å². The fourth-order valence-corrected chi connectivity index (χ4v) is 1.73. The van der Waals surface area contributed by atoms with Crippen LogP contribution in [0.4, 0.5) is 0 Å². The van der Waals surface area contributed by atoms with E-state index in [1.807, 2.05) is 34.6 Å². The van der Waals surface area contributed by atoms with Crippen molar-refractivity contribution in [2.75, 3.05) is 6.61 Å². The first-order valence-electron chi connectivity index (χ1n) is 5.90. The smallest absolute Gasteiger partial charge is 0.323 e. The van der Waals surface area contributed by atoms with E-state index in [2.05, 4.69) is 5.32 Å². The molecular weight excluding hydrogens is 206 g/mol. The van der Waals surface area contributed by atoms with Gasteiger partial charge in [0.2, 0.25) is 0 Å². The highest BCUT2D eigenvalue weighted by Gasteiger charge is 2.29. The standard InChI is InChI=1S/C12H23NO3/c1-8(11(14)16-12(3,4)5)13-10-6-7-15-9(10)2/h8-10,13H,6-7H2,1-5H3/t8-,9?,10?/m1/s1. The summed E-state index contributed by atoms with van der Waals surface area (Å²) < 4.78 is 10.7. The Labute approximate surface area is 97.7 Å². The summed E-state index contributed by atoms with van der Waals surface area (Å²) in [7, 11) is 0. The van der Waals surface area contributed by atoms with Gasteiger partial charge in [-0.25, -0.2) is 0 Å². The molecule has 4 nitrogen and oxygen atoms in total. The summed E-state index contributed by atoms with van der Waals surface area (Å²) in [5.74, 6) is -0.202. The molecule has 1 aliphatic rings. The zero-order valence-corrected chi connectivity index (χ0v) is 10.9. The number of hydrogen-bond acceptors (Lipinski definition) is 4. The Morgan fingerprint density at radius 3 is 2.56 bits per heavy atom. The van der Waals surface area contributed by atoms with E-state index in [1.165, 1.54) is 0 Å². The van der Waals surface area contributed by atoms with Gasteiger partial charge in [0.25, 0.3) is 0 Å². The summed E-state index contributed by atoms with van der Waals surface area (Å²) in [4.78, 5) is 11.7. The van der Waals surface area contributed by atoms with Gasteiger partial charge >= 0.3 is 5.97 Å². The predicted molar refractivity (Wildman–Crippen MR) is 62.3 cm³/mol. The minimum absolute atomic E-state index is 0.171. The second kappa shape index (κ2) is 5.15. The topological polar surface area (TPSA) is 47.6 Å². The largest absolute Gasteiger partial charge is 0.459 e. The van der Waals surface area contributed by atoms with E-state index in [0.717, 1.165) is 13.0 Å². The van der Waals surface area contributed by atoms with Crippen LogP contribution in [0.2, 0.25) is 0 Å². The number of carbonyl (C=O) groups excluding carboxylic acids is 1. The molecule has 1 heterocycles. The monoisotopic (exact) mass is 229 g/mol. The molecule has 1 fully saturated rings. The van der Waals surface area contributed by atoms with Crippen LogP contribution in [0.1, 0.15) is 41.0 Å². The first-order chi connectivity index (χ1) is 7.29. The van der Waals surface area contributed by atoms with Crippen molar-refractivity contribution in [1.29, 1.82) is 0 Å². The van der Waals surface area contributed by atoms with Gasteiger partial charge in [-0.15, -0.1) is 0 Å². The Hall–Kier alpha value is -0.610. The summed E-state index contributed by atoms with van der Waals surface area (Å²) >= 11 is 0. The number of rotatable bonds is 3. The van der Waals surface area contributed by atoms with E-state index in [4.69, 9.17) is 9.47 Å². The number of esters is 1. The Bertz CT molecular complexity index is 247. The van der Waals surface area contributed by atoms with Crippen LogP contribution in [-0.2, 0) is 14.3 Å². The van der Waals surface area contributed by atoms with Crippen molar-refractivity contribution < 1.29 is 14.3 Å². The van der Waals surface area contributed by atoms with Gasteiger partial charge in [-0.2, -0.15) is 0 Å². The van der Waals surface area contributed by atoms with Crippen molar-refractivity contribution >= 4 is 5.97 Å². The number of nitrogens with one attached hydrogen (secondary N) is 1. The lowest BCUT2D eigenvalue weighted by atomic mass is 10.1. The third-order valence-corrected chi connectivity index (χ3v) is 2.60. The van der Waals surface area contributed by atoms with E-state index < -0.39 is 5.60 Å². The SMILES string of the molecule is CC1OCCC1N[C@H](C)C(=O)OC(C)(C)C. The molecule has 1 N–H and O–H groups in total. The maximum Gasteiger partial charge on any atom is 0.323 e. The summed E-state index contributed by atoms with van der Waals surface area (Å²) in [6, 6.07) is -0.0316. The van der Waals surface area contributed by atoms with Crippen molar-refractivity contribution in [3.05, 3.63) is 0 Å². The molecule has 0 spiro atoms. The fourth-order valence-electron chi connectivity index (χ4n) is 1.73. The minimum atomic E-state index is -0.426. The first-order valence-corrected chi connectivity index (χ1v) is 5.90. The first kappa shape index (κ1) is 13.5. The fraction of sp³-hybridized carbons (Fsp3) is 0.917. The molecular formula is C12H23NO3. The van der Waals surface area contributed by atoms with E-state index >= 15 is 0 Å². The molecule has 0 aromatic carbocycles. The summed E-state index contributed by atoms with van der Waals surface area (Å²) in [6.07, 6.45) is 1.12. The molecule has 0 saturated carbocycles. The lowest BCUT2D eigenvalue weighted by molar-refractivity contribution is -0.157. The van der Waals surface area contributed by atoms with Crippen molar-refractivity contribution in [2.45, 2.75) is 64.8 Å². The summed E-state index contributed by atoms with van der Waals surface area (Å²) in [5, 5.41) is 3.25. The van der Waals surface area contributed by atoms with Gasteiger partial charge in [0, 0.05) is 12.6 Å². The highest BCUT2D eigenvalue weighted by Crippen LogP contribution is 2.14. The predicted octanol–water partition coefficient (Wildman–Crippen LogP) is 1.48. The Kier molecular flexibility index (Phi) is 4.33. The molecule has 1 saturated heterocycles. The Morgan fingerprint density at radius 1 is 1.50 bits per heavy atom. The third-order valence-electron chi connectivity index (χ3n) is 2.60. The van der Waals surface area contributed by atoms with Crippen LogP contribution >= 0.6 is 0 Å². The molecule has 2 unspecified atom stereocenters. The van der Waals surface area contributed by atoms with Gasteiger partial charge in [0.05, 0.1) is 6.10 Å². The van der Waals surface area contributed by atoms with Gasteiger partial charge in [-0.05, 0) is 41.0 Å². The maximum absolute atomic E-state index is 11.7. The third kappa shape index (κ3) is 4.10. The second-order valence-electron chi connectivity index (χ2n) is 5.39. The molecule has 0 radical (unpaired) electrons. The molecule has 0 aliphatic carbocycles. The highest BCUT2D eigenvalue weighted by molar-refractivity contribution is 5.75. The number of carbonyl (C=O) groups is 1. The van der Waals surface area contributed by atoms with Crippen molar-refractivity contribution in [3.8, 4) is 0 Å². The van der Waals surface area contributed by atoms with Crippen molar-refractivity contribution in [2.24, 2.45) is 0 Å². The Balaban J connectivity index is 2.39. The molecule has 0 aromatic heterocycles. The number of ether oxygens (including phenoxy) is 2. The zero-order valence-electron chi connectivity index (χ0n) is 10.9. The highest BCUT2D eigenvalue weighted by atomic mass is 16.6. The molecule has 94 valence electrons. The normalized spacial score (nSPS) is 27.8. The van der Waals surface area contributed by atoms with Crippen LogP contribution in [0.3, 0.4) is 0 Å². The van der Waals surface area contributed by atoms with Gasteiger partial charge in [0.15, 0.2) is 0 Å². The van der Waals surface area contributed by atoms with E-state index in [9.17, 15) is 4.79 Å². The quantitative estimate of drug-likeness (QED) is 0.745. The molecule has 1 aliphatic heterocycles. The van der Waals surface area contributed by atoms with Crippen LogP contribution in [0.5, 0.6) is 0 Å². The average Bonchev–Trinajstić information content (AvgIpc) is 2.49. The Morgan fingerprint density at radius 2 is 2.12 bits per heavy atom. The van der Waals surface area contributed by atoms with Gasteiger partial charge in [-0.1, -0.05) is 0 Å². The van der Waals surface area contributed by atoms with E-state index in [-0.39, 0.29) is 24.2 Å². The van der Waals surface area contributed by atoms with Crippen molar-refractivity contribution in [3.63, 3.8) is 0 Å². The summed E-state index contributed by atoms with van der Waals surface area (Å²) in [5.41, 5.74) is -0.426. The molecule has 16 heavy (non-hydrogen) atoms. The molecule has 0 bridgehead atoms. The van der Waals surface area contributed by atoms with Gasteiger partial charge in [0.1, 0.15) is 11.6 Å². The van der Waals surface area contributed by atoms with Crippen LogP contribution < -0.4 is 5.32 Å². The molecule has 0 aromatic rings. The van der Waals surface area contributed by atoms with Crippen LogP contribution in [0.15, 0.2) is 0 Å². The number of hydrogen-bond donors (Lipinski definition) is 1. The van der Waals surface area contributed by atoms with Crippen LogP contribution in [-0.4, -0.2) is 36.4 Å². The van der Waals surface area contributed by atoms with Crippen molar-refractivity contribution in [1.82, 2.24) is 5.32 Å². The van der Waals surface area contributed by atoms with Crippen LogP contribution in [0, 0.1) is 0 Å². The molecule has 3 atom stereocenters. The average molecular weight is 229 g/mol. The van der Waals surface area contributed by atoms with E-state index in [0.29, 0.717) is 0 Å². The second-order valence-corrected chi connectivity index (χ2v) is 5.39. The minimum Gasteiger partial charge on any atom is -0.459 e. The molecule has 4 heteroatoms. The van der Waals surface area contributed by atoms with Gasteiger partial charge in [-0.3, -0.25) is 10.1 Å². The maximum atomic E-state index is 11.7. The lowest BCUT2D eigenvalue weighted by Crippen LogP contribution is -2.46. The zero-order chi connectivity index (χ0) is 12.3.